The van der Waals surface area contributed by atoms with Gasteiger partial charge < -0.3 is 10.6 Å². The van der Waals surface area contributed by atoms with Crippen molar-refractivity contribution in [1.82, 2.24) is 0 Å². The van der Waals surface area contributed by atoms with Gasteiger partial charge in [0.15, 0.2) is 5.84 Å². The Hall–Kier alpha value is -2.95. The van der Waals surface area contributed by atoms with Crippen LogP contribution >= 0.6 is 0 Å². The molecule has 0 aliphatic rings. The Labute approximate surface area is 140 Å². The van der Waals surface area contributed by atoms with Crippen molar-refractivity contribution in [3.05, 3.63) is 77.1 Å². The molecule has 2 aromatic rings. The van der Waals surface area contributed by atoms with E-state index in [0.29, 0.717) is 11.5 Å². The topological polar surface area (TPSA) is 64.7 Å². The van der Waals surface area contributed by atoms with Gasteiger partial charge in [0.2, 0.25) is 0 Å². The summed E-state index contributed by atoms with van der Waals surface area (Å²) in [6, 6.07) is 13.3. The lowest BCUT2D eigenvalue weighted by Gasteiger charge is -2.04. The second kappa shape index (κ2) is 8.06. The van der Waals surface area contributed by atoms with Crippen molar-refractivity contribution in [2.45, 2.75) is 19.8 Å². The third-order valence-electron chi connectivity index (χ3n) is 3.39. The van der Waals surface area contributed by atoms with E-state index < -0.39 is 5.97 Å². The molecule has 0 saturated heterocycles. The molecule has 5 heteroatoms. The van der Waals surface area contributed by atoms with Gasteiger partial charge in [-0.2, -0.15) is 0 Å². The molecule has 0 amide bonds. The third-order valence-corrected chi connectivity index (χ3v) is 3.39. The highest BCUT2D eigenvalue weighted by Gasteiger charge is 2.02. The predicted molar refractivity (Wildman–Crippen MR) is 92.8 cm³/mol. The molecule has 0 unspecified atom stereocenters. The second-order valence-electron chi connectivity index (χ2n) is 5.55. The van der Waals surface area contributed by atoms with Crippen molar-refractivity contribution in [1.29, 1.82) is 0 Å². The van der Waals surface area contributed by atoms with Crippen molar-refractivity contribution in [3.8, 4) is 0 Å². The SMILES string of the molecule is CC(C)c1ccc(/C=C\C(=O)O/N=C(\N)c2ccc(F)cc2)cc1. The number of nitrogens with zero attached hydrogens (tertiary/aromatic N) is 1. The molecule has 0 heterocycles. The van der Waals surface area contributed by atoms with E-state index >= 15 is 0 Å². The number of carbonyl (C=O) groups excluding carboxylic acids is 1. The minimum Gasteiger partial charge on any atom is -0.380 e. The quantitative estimate of drug-likeness (QED) is 0.299. The van der Waals surface area contributed by atoms with Gasteiger partial charge in [-0.25, -0.2) is 9.18 Å². The summed E-state index contributed by atoms with van der Waals surface area (Å²) in [7, 11) is 0. The van der Waals surface area contributed by atoms with Crippen LogP contribution in [0.3, 0.4) is 0 Å². The number of halogens is 1. The minimum absolute atomic E-state index is 0.00182. The highest BCUT2D eigenvalue weighted by molar-refractivity contribution is 5.97. The van der Waals surface area contributed by atoms with E-state index in [1.165, 1.54) is 35.9 Å². The number of amidine groups is 1. The zero-order valence-corrected chi connectivity index (χ0v) is 13.6. The van der Waals surface area contributed by atoms with Crippen LogP contribution in [0.2, 0.25) is 0 Å². The molecule has 4 nitrogen and oxygen atoms in total. The monoisotopic (exact) mass is 326 g/mol. The van der Waals surface area contributed by atoms with Crippen LogP contribution in [0.5, 0.6) is 0 Å². The molecule has 0 saturated carbocycles. The second-order valence-corrected chi connectivity index (χ2v) is 5.55. The minimum atomic E-state index is -0.645. The number of nitrogens with two attached hydrogens (primary N) is 1. The Bertz CT molecular complexity index is 748. The molecule has 0 bridgehead atoms. The number of hydrogen-bond acceptors (Lipinski definition) is 3. The summed E-state index contributed by atoms with van der Waals surface area (Å²) in [5.74, 6) is -0.572. The van der Waals surface area contributed by atoms with Crippen molar-refractivity contribution in [2.24, 2.45) is 10.9 Å². The Morgan fingerprint density at radius 1 is 1.12 bits per heavy atom. The van der Waals surface area contributed by atoms with E-state index in [1.54, 1.807) is 6.08 Å². The first-order valence-corrected chi connectivity index (χ1v) is 7.54. The summed E-state index contributed by atoms with van der Waals surface area (Å²) in [5, 5.41) is 3.54. The zero-order chi connectivity index (χ0) is 17.5. The van der Waals surface area contributed by atoms with Crippen LogP contribution in [-0.2, 0) is 9.63 Å². The van der Waals surface area contributed by atoms with Crippen molar-refractivity contribution < 1.29 is 14.0 Å². The van der Waals surface area contributed by atoms with Crippen LogP contribution in [-0.4, -0.2) is 11.8 Å². The fourth-order valence-electron chi connectivity index (χ4n) is 1.95. The first-order valence-electron chi connectivity index (χ1n) is 7.54. The molecule has 2 N–H and O–H groups in total. The molecule has 0 atom stereocenters. The number of benzene rings is 2. The maximum atomic E-state index is 12.8. The summed E-state index contributed by atoms with van der Waals surface area (Å²) in [5.41, 5.74) is 8.25. The molecular weight excluding hydrogens is 307 g/mol. The number of hydrogen-bond donors (Lipinski definition) is 1. The van der Waals surface area contributed by atoms with Crippen LogP contribution in [0, 0.1) is 5.82 Å². The van der Waals surface area contributed by atoms with E-state index in [2.05, 4.69) is 19.0 Å². The molecule has 0 aliphatic heterocycles. The number of carbonyl (C=O) groups is 1. The fourth-order valence-corrected chi connectivity index (χ4v) is 1.95. The lowest BCUT2D eigenvalue weighted by molar-refractivity contribution is -0.137. The Morgan fingerprint density at radius 3 is 2.33 bits per heavy atom. The zero-order valence-electron chi connectivity index (χ0n) is 13.6. The van der Waals surface area contributed by atoms with Crippen LogP contribution in [0.4, 0.5) is 4.39 Å². The first kappa shape index (κ1) is 17.4. The van der Waals surface area contributed by atoms with Crippen LogP contribution in [0.1, 0.15) is 36.5 Å². The summed E-state index contributed by atoms with van der Waals surface area (Å²) in [6.07, 6.45) is 2.90. The van der Waals surface area contributed by atoms with E-state index in [-0.39, 0.29) is 11.7 Å². The lowest BCUT2D eigenvalue weighted by Crippen LogP contribution is -2.14. The molecule has 0 fully saturated rings. The van der Waals surface area contributed by atoms with Gasteiger partial charge in [-0.05, 0) is 47.4 Å². The highest BCUT2D eigenvalue weighted by atomic mass is 19.1. The fraction of sp³-hybridized carbons (Fsp3) is 0.158. The average molecular weight is 326 g/mol. The van der Waals surface area contributed by atoms with E-state index in [9.17, 15) is 9.18 Å². The van der Waals surface area contributed by atoms with Crippen molar-refractivity contribution in [3.63, 3.8) is 0 Å². The number of rotatable bonds is 5. The molecule has 2 aromatic carbocycles. The van der Waals surface area contributed by atoms with Gasteiger partial charge in [0.1, 0.15) is 5.82 Å². The third kappa shape index (κ3) is 5.05. The molecule has 0 spiro atoms. The van der Waals surface area contributed by atoms with Gasteiger partial charge >= 0.3 is 5.97 Å². The van der Waals surface area contributed by atoms with Crippen LogP contribution in [0.15, 0.2) is 59.8 Å². The maximum absolute atomic E-state index is 12.8. The molecule has 0 aromatic heterocycles. The first-order chi connectivity index (χ1) is 11.5. The van der Waals surface area contributed by atoms with Crippen molar-refractivity contribution in [2.75, 3.05) is 0 Å². The molecule has 2 rings (SSSR count). The Balaban J connectivity index is 1.94. The van der Waals surface area contributed by atoms with Crippen LogP contribution in [0.25, 0.3) is 6.08 Å². The van der Waals surface area contributed by atoms with Gasteiger partial charge in [-0.3, -0.25) is 0 Å². The molecule has 0 aliphatic carbocycles. The summed E-state index contributed by atoms with van der Waals surface area (Å²) >= 11 is 0. The largest absolute Gasteiger partial charge is 0.380 e. The smallest absolute Gasteiger partial charge is 0.358 e. The summed E-state index contributed by atoms with van der Waals surface area (Å²) in [6.45, 7) is 4.23. The van der Waals surface area contributed by atoms with Gasteiger partial charge in [0.05, 0.1) is 0 Å². The van der Waals surface area contributed by atoms with Gasteiger partial charge in [0, 0.05) is 11.6 Å². The Morgan fingerprint density at radius 2 is 1.75 bits per heavy atom. The highest BCUT2D eigenvalue weighted by Crippen LogP contribution is 2.15. The molecule has 0 radical (unpaired) electrons. The van der Waals surface area contributed by atoms with Crippen molar-refractivity contribution >= 4 is 17.9 Å². The maximum Gasteiger partial charge on any atom is 0.358 e. The normalized spacial score (nSPS) is 11.9. The molecule has 24 heavy (non-hydrogen) atoms. The molecule has 124 valence electrons. The van der Waals surface area contributed by atoms with Gasteiger partial charge in [0.25, 0.3) is 0 Å². The van der Waals surface area contributed by atoms with E-state index in [4.69, 9.17) is 10.6 Å². The summed E-state index contributed by atoms with van der Waals surface area (Å²) in [4.78, 5) is 16.4. The summed E-state index contributed by atoms with van der Waals surface area (Å²) < 4.78 is 12.8. The lowest BCUT2D eigenvalue weighted by atomic mass is 10.0. The van der Waals surface area contributed by atoms with E-state index in [0.717, 1.165) is 5.56 Å². The van der Waals surface area contributed by atoms with Gasteiger partial charge in [-0.1, -0.05) is 43.3 Å². The number of oxime groups is 1. The predicted octanol–water partition coefficient (Wildman–Crippen LogP) is 3.83. The Kier molecular flexibility index (Phi) is 5.84. The standard InChI is InChI=1S/C19H19FN2O2/c1-13(2)15-6-3-14(4-7-15)5-12-18(23)24-22-19(21)16-8-10-17(20)11-9-16/h3-13H,1-2H3,(H2,21,22)/b12-5-. The van der Waals surface area contributed by atoms with Gasteiger partial charge in [-0.15, -0.1) is 0 Å². The average Bonchev–Trinajstić information content (AvgIpc) is 2.58. The van der Waals surface area contributed by atoms with Crippen LogP contribution < -0.4 is 5.73 Å². The van der Waals surface area contributed by atoms with E-state index in [1.807, 2.05) is 24.3 Å². The molecular formula is C19H19FN2O2.